The van der Waals surface area contributed by atoms with Gasteiger partial charge in [-0.3, -0.25) is 10.4 Å². The molecule has 0 atom stereocenters. The van der Waals surface area contributed by atoms with Crippen LogP contribution in [-0.4, -0.2) is 34.4 Å². The van der Waals surface area contributed by atoms with E-state index in [1.807, 2.05) is 4.90 Å². The lowest BCUT2D eigenvalue weighted by atomic mass is 9.61. The molecular formula is C13H17F2N3O2. The Morgan fingerprint density at radius 2 is 1.80 bits per heavy atom. The van der Waals surface area contributed by atoms with Gasteiger partial charge >= 0.3 is 0 Å². The van der Waals surface area contributed by atoms with Crippen molar-refractivity contribution >= 4 is 11.5 Å². The molecular weight excluding hydrogens is 268 g/mol. The lowest BCUT2D eigenvalue weighted by Crippen LogP contribution is -2.52. The van der Waals surface area contributed by atoms with E-state index in [-0.39, 0.29) is 29.2 Å². The van der Waals surface area contributed by atoms with E-state index < -0.39 is 5.92 Å². The van der Waals surface area contributed by atoms with Crippen molar-refractivity contribution in [2.45, 2.75) is 31.6 Å². The summed E-state index contributed by atoms with van der Waals surface area (Å²) in [4.78, 5) is 6.21. The van der Waals surface area contributed by atoms with Gasteiger partial charge in [-0.15, -0.1) is 5.23 Å². The van der Waals surface area contributed by atoms with Gasteiger partial charge in [-0.25, -0.2) is 13.8 Å². The molecule has 1 aromatic heterocycles. The molecule has 2 aliphatic rings. The maximum atomic E-state index is 13.0. The summed E-state index contributed by atoms with van der Waals surface area (Å²) in [6.45, 7) is 1.43. The zero-order valence-electron chi connectivity index (χ0n) is 11.0. The van der Waals surface area contributed by atoms with Crippen molar-refractivity contribution in [3.8, 4) is 0 Å². The molecule has 1 aliphatic carbocycles. The van der Waals surface area contributed by atoms with Crippen LogP contribution in [0.3, 0.4) is 0 Å². The topological polar surface area (TPSA) is 59.8 Å². The third kappa shape index (κ3) is 2.43. The summed E-state index contributed by atoms with van der Waals surface area (Å²) in [5.41, 5.74) is 0.00768. The van der Waals surface area contributed by atoms with Crippen LogP contribution in [0.1, 0.15) is 25.7 Å². The van der Waals surface area contributed by atoms with Gasteiger partial charge in [0.1, 0.15) is 11.5 Å². The Kier molecular flexibility index (Phi) is 3.06. The van der Waals surface area contributed by atoms with Crippen molar-refractivity contribution in [2.24, 2.45) is 5.41 Å². The highest BCUT2D eigenvalue weighted by Gasteiger charge is 2.56. The van der Waals surface area contributed by atoms with Gasteiger partial charge in [0.15, 0.2) is 0 Å². The minimum atomic E-state index is -2.46. The van der Waals surface area contributed by atoms with Crippen LogP contribution in [0.5, 0.6) is 0 Å². The summed E-state index contributed by atoms with van der Waals surface area (Å²) >= 11 is 0. The minimum Gasteiger partial charge on any atom is -0.357 e. The van der Waals surface area contributed by atoms with Crippen LogP contribution in [0.25, 0.3) is 0 Å². The predicted molar refractivity (Wildman–Crippen MR) is 68.4 cm³/mol. The normalized spacial score (nSPS) is 23.5. The highest BCUT2D eigenvalue weighted by atomic mass is 19.3. The van der Waals surface area contributed by atoms with Crippen LogP contribution in [0.15, 0.2) is 18.3 Å². The van der Waals surface area contributed by atoms with Crippen molar-refractivity contribution in [1.82, 2.24) is 4.98 Å². The zero-order chi connectivity index (χ0) is 14.4. The third-order valence-corrected chi connectivity index (χ3v) is 4.38. The van der Waals surface area contributed by atoms with E-state index in [0.29, 0.717) is 13.1 Å². The third-order valence-electron chi connectivity index (χ3n) is 4.38. The standard InChI is InChI=1S/C13H17F2N3O2/c14-13(15)8-12(9-13)3-5-17(6-4-12)11-2-1-10(7-16-11)18(19)20/h1-2,7,19-20H,3-6,8-9H2. The van der Waals surface area contributed by atoms with Crippen molar-refractivity contribution in [2.75, 3.05) is 23.2 Å². The molecule has 2 heterocycles. The number of nitrogens with zero attached hydrogens (tertiary/aromatic N) is 3. The molecule has 0 bridgehead atoms. The summed E-state index contributed by atoms with van der Waals surface area (Å²) < 4.78 is 26.1. The Morgan fingerprint density at radius 1 is 1.15 bits per heavy atom. The van der Waals surface area contributed by atoms with Crippen LogP contribution >= 0.6 is 0 Å². The first-order valence-corrected chi connectivity index (χ1v) is 6.66. The van der Waals surface area contributed by atoms with Crippen LogP contribution in [0, 0.1) is 5.41 Å². The summed E-state index contributed by atoms with van der Waals surface area (Å²) in [7, 11) is 0. The second kappa shape index (κ2) is 4.53. The molecule has 5 nitrogen and oxygen atoms in total. The molecule has 2 fully saturated rings. The fraction of sp³-hybridized carbons (Fsp3) is 0.615. The number of anilines is 2. The SMILES string of the molecule is ON(O)c1ccc(N2CCC3(CC2)CC(F)(F)C3)nc1. The first-order valence-electron chi connectivity index (χ1n) is 6.66. The van der Waals surface area contributed by atoms with Gasteiger partial charge in [0.2, 0.25) is 5.92 Å². The number of aromatic nitrogens is 1. The first-order chi connectivity index (χ1) is 9.39. The molecule has 3 rings (SSSR count). The Bertz CT molecular complexity index is 475. The Hall–Kier alpha value is -1.47. The summed E-state index contributed by atoms with van der Waals surface area (Å²) in [6.07, 6.45) is 2.92. The van der Waals surface area contributed by atoms with Crippen LogP contribution in [0.4, 0.5) is 20.3 Å². The summed E-state index contributed by atoms with van der Waals surface area (Å²) in [6, 6.07) is 3.24. The van der Waals surface area contributed by atoms with Crippen LogP contribution < -0.4 is 10.1 Å². The number of hydrogen-bond donors (Lipinski definition) is 2. The minimum absolute atomic E-state index is 0.0123. The predicted octanol–water partition coefficient (Wildman–Crippen LogP) is 2.68. The van der Waals surface area contributed by atoms with Gasteiger partial charge in [-0.05, 0) is 30.4 Å². The molecule has 1 aromatic rings. The molecule has 1 spiro atoms. The van der Waals surface area contributed by atoms with Gasteiger partial charge in [0.05, 0.1) is 6.20 Å². The molecule has 1 aliphatic heterocycles. The maximum Gasteiger partial charge on any atom is 0.249 e. The van der Waals surface area contributed by atoms with Crippen molar-refractivity contribution in [1.29, 1.82) is 0 Å². The highest BCUT2D eigenvalue weighted by Crippen LogP contribution is 2.57. The molecule has 0 amide bonds. The van der Waals surface area contributed by atoms with E-state index in [2.05, 4.69) is 4.98 Å². The smallest absolute Gasteiger partial charge is 0.249 e. The number of halogens is 2. The van der Waals surface area contributed by atoms with Gasteiger partial charge in [-0.1, -0.05) is 0 Å². The number of piperidine rings is 1. The monoisotopic (exact) mass is 285 g/mol. The second-order valence-electron chi connectivity index (χ2n) is 5.86. The number of rotatable bonds is 2. The largest absolute Gasteiger partial charge is 0.357 e. The quantitative estimate of drug-likeness (QED) is 0.818. The van der Waals surface area contributed by atoms with E-state index in [4.69, 9.17) is 10.4 Å². The summed E-state index contributed by atoms with van der Waals surface area (Å²) in [5, 5.41) is 17.7. The number of pyridine rings is 1. The van der Waals surface area contributed by atoms with Crippen molar-refractivity contribution in [3.63, 3.8) is 0 Å². The lowest BCUT2D eigenvalue weighted by molar-refractivity contribution is -0.168. The molecule has 2 N–H and O–H groups in total. The Labute approximate surface area is 115 Å². The van der Waals surface area contributed by atoms with Gasteiger partial charge in [0, 0.05) is 25.9 Å². The van der Waals surface area contributed by atoms with Gasteiger partial charge < -0.3 is 4.90 Å². The second-order valence-corrected chi connectivity index (χ2v) is 5.86. The van der Waals surface area contributed by atoms with Crippen LogP contribution in [-0.2, 0) is 0 Å². The van der Waals surface area contributed by atoms with E-state index >= 15 is 0 Å². The average Bonchev–Trinajstić information content (AvgIpc) is 2.37. The molecule has 0 aromatic carbocycles. The first kappa shape index (κ1) is 13.5. The molecule has 7 heteroatoms. The van der Waals surface area contributed by atoms with Crippen molar-refractivity contribution in [3.05, 3.63) is 18.3 Å². The highest BCUT2D eigenvalue weighted by molar-refractivity contribution is 5.47. The van der Waals surface area contributed by atoms with E-state index in [1.165, 1.54) is 6.20 Å². The fourth-order valence-electron chi connectivity index (χ4n) is 3.29. The lowest BCUT2D eigenvalue weighted by Gasteiger charge is -2.52. The number of hydrogen-bond acceptors (Lipinski definition) is 5. The Balaban J connectivity index is 1.61. The number of alkyl halides is 2. The molecule has 0 radical (unpaired) electrons. The molecule has 20 heavy (non-hydrogen) atoms. The molecule has 110 valence electrons. The van der Waals surface area contributed by atoms with Gasteiger partial charge in [-0.2, -0.15) is 0 Å². The average molecular weight is 285 g/mol. The fourth-order valence-corrected chi connectivity index (χ4v) is 3.29. The van der Waals surface area contributed by atoms with E-state index in [9.17, 15) is 8.78 Å². The maximum absolute atomic E-state index is 13.0. The molecule has 1 saturated carbocycles. The molecule has 1 saturated heterocycles. The van der Waals surface area contributed by atoms with Crippen LogP contribution in [0.2, 0.25) is 0 Å². The molecule has 0 unspecified atom stereocenters. The summed E-state index contributed by atoms with van der Waals surface area (Å²) in [5.74, 6) is -1.73. The Morgan fingerprint density at radius 3 is 2.25 bits per heavy atom. The van der Waals surface area contributed by atoms with E-state index in [0.717, 1.165) is 18.7 Å². The van der Waals surface area contributed by atoms with Gasteiger partial charge in [0.25, 0.3) is 0 Å². The zero-order valence-corrected chi connectivity index (χ0v) is 11.0. The van der Waals surface area contributed by atoms with E-state index in [1.54, 1.807) is 12.1 Å². The van der Waals surface area contributed by atoms with Crippen molar-refractivity contribution < 1.29 is 19.2 Å².